The number of ether oxygens (including phenoxy) is 1. The number of hydrogen-bond acceptors (Lipinski definition) is 4. The van der Waals surface area contributed by atoms with E-state index in [1.807, 2.05) is 31.2 Å². The van der Waals surface area contributed by atoms with E-state index in [4.69, 9.17) is 4.74 Å². The van der Waals surface area contributed by atoms with E-state index >= 15 is 0 Å². The van der Waals surface area contributed by atoms with Gasteiger partial charge >= 0.3 is 0 Å². The Balaban J connectivity index is 2.01. The van der Waals surface area contributed by atoms with Gasteiger partial charge in [-0.1, -0.05) is 26.7 Å². The molecule has 0 saturated heterocycles. The van der Waals surface area contributed by atoms with E-state index in [1.54, 1.807) is 13.2 Å². The molecule has 0 bridgehead atoms. The van der Waals surface area contributed by atoms with Crippen LogP contribution < -0.4 is 15.6 Å². The van der Waals surface area contributed by atoms with Crippen LogP contribution in [-0.4, -0.2) is 28.8 Å². The van der Waals surface area contributed by atoms with E-state index < -0.39 is 0 Å². The topological polar surface area (TPSA) is 73.2 Å². The summed E-state index contributed by atoms with van der Waals surface area (Å²) < 4.78 is 6.35. The number of amides is 1. The Bertz CT molecular complexity index is 797. The van der Waals surface area contributed by atoms with E-state index in [9.17, 15) is 9.59 Å². The SMILES string of the molecule is COc1ccc(-c2ccc(=O)n(CC(=O)N[C@H](C)CCCC(C)C)n2)cc1. The second-order valence-electron chi connectivity index (χ2n) is 7.24. The number of rotatable bonds is 9. The van der Waals surface area contributed by atoms with Crippen molar-refractivity contribution in [2.75, 3.05) is 7.11 Å². The Morgan fingerprint density at radius 2 is 1.81 bits per heavy atom. The van der Waals surface area contributed by atoms with Crippen LogP contribution in [0, 0.1) is 5.92 Å². The fraction of sp³-hybridized carbons (Fsp3) is 0.476. The van der Waals surface area contributed by atoms with Gasteiger partial charge in [-0.2, -0.15) is 5.10 Å². The monoisotopic (exact) mass is 371 g/mol. The van der Waals surface area contributed by atoms with Crippen LogP contribution in [0.2, 0.25) is 0 Å². The van der Waals surface area contributed by atoms with Gasteiger partial charge in [-0.3, -0.25) is 9.59 Å². The maximum absolute atomic E-state index is 12.3. The van der Waals surface area contributed by atoms with Gasteiger partial charge in [0.05, 0.1) is 12.8 Å². The minimum absolute atomic E-state index is 0.0803. The molecule has 146 valence electrons. The first-order valence-electron chi connectivity index (χ1n) is 9.41. The molecule has 0 aliphatic rings. The molecule has 0 aliphatic heterocycles. The smallest absolute Gasteiger partial charge is 0.267 e. The van der Waals surface area contributed by atoms with Gasteiger partial charge in [-0.05, 0) is 49.6 Å². The molecule has 27 heavy (non-hydrogen) atoms. The van der Waals surface area contributed by atoms with Gasteiger partial charge in [0.15, 0.2) is 0 Å². The van der Waals surface area contributed by atoms with Crippen LogP contribution in [0.3, 0.4) is 0 Å². The maximum atomic E-state index is 12.3. The van der Waals surface area contributed by atoms with Crippen LogP contribution in [0.1, 0.15) is 40.0 Å². The van der Waals surface area contributed by atoms with Gasteiger partial charge in [0, 0.05) is 17.7 Å². The number of nitrogens with zero attached hydrogens (tertiary/aromatic N) is 2. The molecule has 2 rings (SSSR count). The largest absolute Gasteiger partial charge is 0.497 e. The quantitative estimate of drug-likeness (QED) is 0.734. The first kappa shape index (κ1) is 20.7. The average Bonchev–Trinajstić information content (AvgIpc) is 2.63. The Labute approximate surface area is 160 Å². The fourth-order valence-corrected chi connectivity index (χ4v) is 2.84. The second-order valence-corrected chi connectivity index (χ2v) is 7.24. The van der Waals surface area contributed by atoms with Crippen molar-refractivity contribution < 1.29 is 9.53 Å². The molecule has 1 atom stereocenters. The van der Waals surface area contributed by atoms with Crippen molar-refractivity contribution in [3.63, 3.8) is 0 Å². The number of aromatic nitrogens is 2. The van der Waals surface area contributed by atoms with Crippen molar-refractivity contribution in [2.45, 2.75) is 52.6 Å². The molecular weight excluding hydrogens is 342 g/mol. The van der Waals surface area contributed by atoms with Crippen LogP contribution >= 0.6 is 0 Å². The van der Waals surface area contributed by atoms with Gasteiger partial charge in [0.25, 0.3) is 5.56 Å². The maximum Gasteiger partial charge on any atom is 0.267 e. The zero-order chi connectivity index (χ0) is 19.8. The molecule has 0 aliphatic carbocycles. The number of methoxy groups -OCH3 is 1. The summed E-state index contributed by atoms with van der Waals surface area (Å²) in [4.78, 5) is 24.3. The van der Waals surface area contributed by atoms with Crippen molar-refractivity contribution in [3.8, 4) is 17.0 Å². The van der Waals surface area contributed by atoms with Crippen molar-refractivity contribution in [3.05, 3.63) is 46.8 Å². The lowest BCUT2D eigenvalue weighted by Gasteiger charge is -2.15. The van der Waals surface area contributed by atoms with Crippen molar-refractivity contribution in [2.24, 2.45) is 5.92 Å². The fourth-order valence-electron chi connectivity index (χ4n) is 2.84. The number of nitrogens with one attached hydrogen (secondary N) is 1. The van der Waals surface area contributed by atoms with Crippen LogP contribution in [0.15, 0.2) is 41.2 Å². The van der Waals surface area contributed by atoms with Crippen molar-refractivity contribution in [1.82, 2.24) is 15.1 Å². The third-order valence-electron chi connectivity index (χ3n) is 4.37. The number of benzene rings is 1. The molecule has 6 nitrogen and oxygen atoms in total. The molecule has 1 amide bonds. The molecule has 2 aromatic rings. The molecule has 1 N–H and O–H groups in total. The molecule has 0 saturated carbocycles. The van der Waals surface area contributed by atoms with Gasteiger partial charge in [0.1, 0.15) is 12.3 Å². The highest BCUT2D eigenvalue weighted by atomic mass is 16.5. The molecule has 0 spiro atoms. The molecule has 1 heterocycles. The minimum atomic E-state index is -0.296. The summed E-state index contributed by atoms with van der Waals surface area (Å²) in [7, 11) is 1.61. The average molecular weight is 371 g/mol. The standard InChI is InChI=1S/C21H29N3O3/c1-15(2)6-5-7-16(3)22-20(25)14-24-21(26)13-12-19(23-24)17-8-10-18(27-4)11-9-17/h8-13,15-16H,5-7,14H2,1-4H3,(H,22,25)/t16-/m1/s1. The summed E-state index contributed by atoms with van der Waals surface area (Å²) in [6, 6.07) is 10.6. The molecule has 1 aromatic heterocycles. The summed E-state index contributed by atoms with van der Waals surface area (Å²) in [6.07, 6.45) is 3.15. The van der Waals surface area contributed by atoms with Gasteiger partial charge in [-0.15, -0.1) is 0 Å². The lowest BCUT2D eigenvalue weighted by molar-refractivity contribution is -0.122. The predicted molar refractivity (Wildman–Crippen MR) is 107 cm³/mol. The Morgan fingerprint density at radius 1 is 1.11 bits per heavy atom. The lowest BCUT2D eigenvalue weighted by Crippen LogP contribution is -2.38. The van der Waals surface area contributed by atoms with E-state index in [2.05, 4.69) is 24.3 Å². The first-order valence-corrected chi connectivity index (χ1v) is 9.41. The van der Waals surface area contributed by atoms with Gasteiger partial charge in [0.2, 0.25) is 5.91 Å². The zero-order valence-corrected chi connectivity index (χ0v) is 16.6. The highest BCUT2D eigenvalue weighted by Gasteiger charge is 2.11. The van der Waals surface area contributed by atoms with E-state index in [1.165, 1.54) is 10.7 Å². The molecule has 0 fully saturated rings. The summed E-state index contributed by atoms with van der Waals surface area (Å²) >= 11 is 0. The third-order valence-corrected chi connectivity index (χ3v) is 4.37. The Morgan fingerprint density at radius 3 is 2.44 bits per heavy atom. The minimum Gasteiger partial charge on any atom is -0.497 e. The van der Waals surface area contributed by atoms with Gasteiger partial charge in [-0.25, -0.2) is 4.68 Å². The molecular formula is C21H29N3O3. The summed E-state index contributed by atoms with van der Waals surface area (Å²) in [5, 5.41) is 7.28. The van der Waals surface area contributed by atoms with E-state index in [0.29, 0.717) is 11.6 Å². The van der Waals surface area contributed by atoms with E-state index in [-0.39, 0.29) is 24.1 Å². The van der Waals surface area contributed by atoms with Crippen LogP contribution in [0.5, 0.6) is 5.75 Å². The number of carbonyl (C=O) groups is 1. The molecule has 0 radical (unpaired) electrons. The zero-order valence-electron chi connectivity index (χ0n) is 16.6. The van der Waals surface area contributed by atoms with Crippen LogP contribution in [0.25, 0.3) is 11.3 Å². The summed E-state index contributed by atoms with van der Waals surface area (Å²) in [5.74, 6) is 1.21. The normalized spacial score (nSPS) is 12.0. The van der Waals surface area contributed by atoms with E-state index in [0.717, 1.165) is 30.6 Å². The van der Waals surface area contributed by atoms with Crippen LogP contribution in [0.4, 0.5) is 0 Å². The van der Waals surface area contributed by atoms with Gasteiger partial charge < -0.3 is 10.1 Å². The lowest BCUT2D eigenvalue weighted by atomic mass is 10.0. The third kappa shape index (κ3) is 6.55. The molecule has 0 unspecified atom stereocenters. The number of hydrogen-bond donors (Lipinski definition) is 1. The van der Waals surface area contributed by atoms with Crippen LogP contribution in [-0.2, 0) is 11.3 Å². The second kappa shape index (κ2) is 9.90. The first-order chi connectivity index (χ1) is 12.9. The highest BCUT2D eigenvalue weighted by molar-refractivity contribution is 5.76. The Hall–Kier alpha value is -2.63. The highest BCUT2D eigenvalue weighted by Crippen LogP contribution is 2.19. The predicted octanol–water partition coefficient (Wildman–Crippen LogP) is 3.25. The number of carbonyl (C=O) groups excluding carboxylic acids is 1. The summed E-state index contributed by atoms with van der Waals surface area (Å²) in [6.45, 7) is 6.29. The Kier molecular flexibility index (Phi) is 7.58. The molecule has 1 aromatic carbocycles. The van der Waals surface area contributed by atoms with Crippen molar-refractivity contribution >= 4 is 5.91 Å². The van der Waals surface area contributed by atoms with Crippen molar-refractivity contribution in [1.29, 1.82) is 0 Å². The summed E-state index contributed by atoms with van der Waals surface area (Å²) in [5.41, 5.74) is 1.19. The molecule has 6 heteroatoms.